The van der Waals surface area contributed by atoms with Crippen molar-refractivity contribution in [2.75, 3.05) is 6.54 Å². The van der Waals surface area contributed by atoms with Crippen LogP contribution in [0.15, 0.2) is 39.8 Å². The molecule has 0 saturated heterocycles. The highest BCUT2D eigenvalue weighted by Crippen LogP contribution is 2.00. The Kier molecular flexibility index (Phi) is 2.82. The number of furan rings is 1. The van der Waals surface area contributed by atoms with E-state index in [4.69, 9.17) is 8.94 Å². The van der Waals surface area contributed by atoms with Crippen LogP contribution in [0.2, 0.25) is 0 Å². The van der Waals surface area contributed by atoms with E-state index in [2.05, 4.69) is 10.5 Å². The van der Waals surface area contributed by atoms with Crippen LogP contribution in [-0.4, -0.2) is 17.6 Å². The molecule has 0 aliphatic rings. The van der Waals surface area contributed by atoms with Gasteiger partial charge in [0.15, 0.2) is 0 Å². The summed E-state index contributed by atoms with van der Waals surface area (Å²) in [6, 6.07) is 3.38. The van der Waals surface area contributed by atoms with Gasteiger partial charge in [0.05, 0.1) is 18.7 Å². The molecule has 0 bridgehead atoms. The summed E-state index contributed by atoms with van der Waals surface area (Å²) in [6.07, 6.45) is 5.43. The highest BCUT2D eigenvalue weighted by molar-refractivity contribution is 5.91. The van der Waals surface area contributed by atoms with Crippen molar-refractivity contribution < 1.29 is 13.7 Å². The van der Waals surface area contributed by atoms with E-state index < -0.39 is 0 Å². The summed E-state index contributed by atoms with van der Waals surface area (Å²) >= 11 is 0. The summed E-state index contributed by atoms with van der Waals surface area (Å²) in [5, 5.41) is 6.16. The Morgan fingerprint density at radius 3 is 3.07 bits per heavy atom. The monoisotopic (exact) mass is 206 g/mol. The number of carbonyl (C=O) groups is 1. The molecule has 2 aromatic rings. The largest absolute Gasteiger partial charge is 0.472 e. The van der Waals surface area contributed by atoms with Crippen LogP contribution in [0, 0.1) is 0 Å². The molecule has 0 aromatic carbocycles. The minimum atomic E-state index is -0.254. The van der Waals surface area contributed by atoms with Gasteiger partial charge in [0.25, 0.3) is 5.91 Å². The van der Waals surface area contributed by atoms with E-state index in [9.17, 15) is 4.79 Å². The molecule has 0 aliphatic carbocycles. The third-order valence-corrected chi connectivity index (χ3v) is 1.94. The molecule has 2 aromatic heterocycles. The lowest BCUT2D eigenvalue weighted by Gasteiger charge is -1.99. The minimum absolute atomic E-state index is 0.224. The minimum Gasteiger partial charge on any atom is -0.472 e. The second-order valence-corrected chi connectivity index (χ2v) is 3.01. The summed E-state index contributed by atoms with van der Waals surface area (Å²) in [5.74, 6) is -0.0295. The number of rotatable bonds is 4. The van der Waals surface area contributed by atoms with E-state index in [0.717, 1.165) is 12.0 Å². The molecule has 15 heavy (non-hydrogen) atoms. The van der Waals surface area contributed by atoms with Crippen molar-refractivity contribution in [3.05, 3.63) is 42.2 Å². The van der Waals surface area contributed by atoms with Crippen molar-refractivity contribution in [1.29, 1.82) is 0 Å². The normalized spacial score (nSPS) is 10.1. The Morgan fingerprint density at radius 1 is 1.47 bits per heavy atom. The molecule has 2 rings (SSSR count). The van der Waals surface area contributed by atoms with Crippen molar-refractivity contribution in [3.63, 3.8) is 0 Å². The Bertz CT molecular complexity index is 406. The van der Waals surface area contributed by atoms with Gasteiger partial charge in [0.1, 0.15) is 0 Å². The quantitative estimate of drug-likeness (QED) is 0.817. The fourth-order valence-corrected chi connectivity index (χ4v) is 1.18. The van der Waals surface area contributed by atoms with Crippen LogP contribution in [0.3, 0.4) is 0 Å². The zero-order valence-corrected chi connectivity index (χ0v) is 7.97. The van der Waals surface area contributed by atoms with Crippen molar-refractivity contribution >= 4 is 5.91 Å². The molecule has 0 atom stereocenters. The maximum atomic E-state index is 11.4. The van der Waals surface area contributed by atoms with Gasteiger partial charge in [0, 0.05) is 12.6 Å². The highest BCUT2D eigenvalue weighted by Gasteiger charge is 2.08. The predicted molar refractivity (Wildman–Crippen MR) is 51.2 cm³/mol. The van der Waals surface area contributed by atoms with Crippen LogP contribution in [0.25, 0.3) is 0 Å². The van der Waals surface area contributed by atoms with Crippen LogP contribution in [0.4, 0.5) is 0 Å². The zero-order valence-electron chi connectivity index (χ0n) is 7.97. The molecule has 78 valence electrons. The zero-order chi connectivity index (χ0) is 10.5. The average Bonchev–Trinajstić information content (AvgIpc) is 2.90. The summed E-state index contributed by atoms with van der Waals surface area (Å²) in [5.41, 5.74) is 1.05. The van der Waals surface area contributed by atoms with Crippen LogP contribution in [-0.2, 0) is 6.42 Å². The first-order valence-corrected chi connectivity index (χ1v) is 4.56. The first kappa shape index (κ1) is 9.51. The first-order valence-electron chi connectivity index (χ1n) is 4.56. The number of nitrogens with one attached hydrogen (secondary N) is 1. The molecule has 5 heteroatoms. The standard InChI is InChI=1S/C10H10N2O3/c13-10(9-2-5-12-15-9)11-4-1-8-3-6-14-7-8/h2-3,5-7H,1,4H2,(H,11,13). The van der Waals surface area contributed by atoms with Gasteiger partial charge in [-0.15, -0.1) is 0 Å². The third-order valence-electron chi connectivity index (χ3n) is 1.94. The van der Waals surface area contributed by atoms with Crippen molar-refractivity contribution in [2.45, 2.75) is 6.42 Å². The van der Waals surface area contributed by atoms with Gasteiger partial charge in [-0.05, 0) is 18.1 Å². The molecule has 5 nitrogen and oxygen atoms in total. The smallest absolute Gasteiger partial charge is 0.289 e. The Labute approximate surface area is 86.1 Å². The summed E-state index contributed by atoms with van der Waals surface area (Å²) in [7, 11) is 0. The van der Waals surface area contributed by atoms with Crippen molar-refractivity contribution in [3.8, 4) is 0 Å². The number of amides is 1. The first-order chi connectivity index (χ1) is 7.36. The van der Waals surface area contributed by atoms with Crippen molar-refractivity contribution in [2.24, 2.45) is 0 Å². The predicted octanol–water partition coefficient (Wildman–Crippen LogP) is 1.24. The number of aromatic nitrogens is 1. The molecule has 0 fully saturated rings. The summed E-state index contributed by atoms with van der Waals surface area (Å²) < 4.78 is 9.61. The van der Waals surface area contributed by atoms with Gasteiger partial charge in [-0.1, -0.05) is 5.16 Å². The molecule has 1 N–H and O–H groups in total. The number of carbonyl (C=O) groups excluding carboxylic acids is 1. The van der Waals surface area contributed by atoms with Gasteiger partial charge in [0.2, 0.25) is 5.76 Å². The topological polar surface area (TPSA) is 68.3 Å². The van der Waals surface area contributed by atoms with Gasteiger partial charge < -0.3 is 14.3 Å². The molecular weight excluding hydrogens is 196 g/mol. The molecule has 2 heterocycles. The van der Waals surface area contributed by atoms with Crippen LogP contribution >= 0.6 is 0 Å². The molecule has 0 saturated carbocycles. The van der Waals surface area contributed by atoms with Crippen molar-refractivity contribution in [1.82, 2.24) is 10.5 Å². The van der Waals surface area contributed by atoms with E-state index in [0.29, 0.717) is 6.54 Å². The molecule has 0 spiro atoms. The van der Waals surface area contributed by atoms with E-state index in [-0.39, 0.29) is 11.7 Å². The number of hydrogen-bond acceptors (Lipinski definition) is 4. The second kappa shape index (κ2) is 4.45. The third kappa shape index (κ3) is 2.46. The molecule has 0 radical (unpaired) electrons. The lowest BCUT2D eigenvalue weighted by molar-refractivity contribution is 0.0917. The fourth-order valence-electron chi connectivity index (χ4n) is 1.18. The molecule has 0 aliphatic heterocycles. The van der Waals surface area contributed by atoms with Gasteiger partial charge in [-0.25, -0.2) is 0 Å². The Balaban J connectivity index is 1.77. The SMILES string of the molecule is O=C(NCCc1ccoc1)c1ccno1. The lowest BCUT2D eigenvalue weighted by atomic mass is 10.2. The summed E-state index contributed by atoms with van der Waals surface area (Å²) in [4.78, 5) is 11.4. The van der Waals surface area contributed by atoms with Crippen LogP contribution in [0.1, 0.15) is 16.1 Å². The lowest BCUT2D eigenvalue weighted by Crippen LogP contribution is -2.25. The Morgan fingerprint density at radius 2 is 2.40 bits per heavy atom. The Hall–Kier alpha value is -2.04. The average molecular weight is 206 g/mol. The number of hydrogen-bond donors (Lipinski definition) is 1. The van der Waals surface area contributed by atoms with Gasteiger partial charge >= 0.3 is 0 Å². The van der Waals surface area contributed by atoms with Crippen LogP contribution in [0.5, 0.6) is 0 Å². The van der Waals surface area contributed by atoms with E-state index in [1.165, 1.54) is 12.3 Å². The maximum Gasteiger partial charge on any atom is 0.289 e. The van der Waals surface area contributed by atoms with E-state index in [1.54, 1.807) is 12.5 Å². The second-order valence-electron chi connectivity index (χ2n) is 3.01. The molecule has 1 amide bonds. The van der Waals surface area contributed by atoms with Gasteiger partial charge in [-0.2, -0.15) is 0 Å². The maximum absolute atomic E-state index is 11.4. The van der Waals surface area contributed by atoms with E-state index >= 15 is 0 Å². The van der Waals surface area contributed by atoms with Gasteiger partial charge in [-0.3, -0.25) is 4.79 Å². The number of nitrogens with zero attached hydrogens (tertiary/aromatic N) is 1. The highest BCUT2D eigenvalue weighted by atomic mass is 16.5. The van der Waals surface area contributed by atoms with Crippen LogP contribution < -0.4 is 5.32 Å². The molecule has 0 unspecified atom stereocenters. The fraction of sp³-hybridized carbons (Fsp3) is 0.200. The molecular formula is C10H10N2O3. The van der Waals surface area contributed by atoms with E-state index in [1.807, 2.05) is 6.07 Å². The summed E-state index contributed by atoms with van der Waals surface area (Å²) in [6.45, 7) is 0.541.